The van der Waals surface area contributed by atoms with Gasteiger partial charge in [0.25, 0.3) is 0 Å². The van der Waals surface area contributed by atoms with E-state index in [0.29, 0.717) is 12.0 Å². The molecule has 2 rings (SSSR count). The van der Waals surface area contributed by atoms with E-state index in [1.807, 2.05) is 0 Å². The first-order chi connectivity index (χ1) is 9.31. The van der Waals surface area contributed by atoms with Crippen molar-refractivity contribution in [3.8, 4) is 0 Å². The van der Waals surface area contributed by atoms with E-state index in [1.54, 1.807) is 0 Å². The van der Waals surface area contributed by atoms with Gasteiger partial charge in [0.05, 0.1) is 11.1 Å². The van der Waals surface area contributed by atoms with Crippen molar-refractivity contribution in [3.63, 3.8) is 0 Å². The zero-order valence-corrected chi connectivity index (χ0v) is 13.2. The smallest absolute Gasteiger partial charge is 0.240 e. The van der Waals surface area contributed by atoms with Gasteiger partial charge in [-0.2, -0.15) is 0 Å². The summed E-state index contributed by atoms with van der Waals surface area (Å²) in [5, 5.41) is 17.0. The van der Waals surface area contributed by atoms with E-state index in [9.17, 15) is 9.90 Å². The van der Waals surface area contributed by atoms with Gasteiger partial charge in [0.2, 0.25) is 5.91 Å². The molecule has 4 heteroatoms. The number of rotatable bonds is 4. The van der Waals surface area contributed by atoms with Crippen LogP contribution in [0.15, 0.2) is 0 Å². The SMILES string of the molecule is CCC1(C(=O)NCC2(O)CCC(C)(C)CC2)CCCN1. The molecule has 1 heterocycles. The Morgan fingerprint density at radius 1 is 1.20 bits per heavy atom. The van der Waals surface area contributed by atoms with Crippen LogP contribution in [0.2, 0.25) is 0 Å². The number of hydrogen-bond donors (Lipinski definition) is 3. The molecular formula is C16H30N2O2. The molecule has 1 saturated carbocycles. The third-order valence-electron chi connectivity index (χ3n) is 5.39. The number of aliphatic hydroxyl groups is 1. The molecule has 1 unspecified atom stereocenters. The lowest BCUT2D eigenvalue weighted by Gasteiger charge is -2.40. The fourth-order valence-electron chi connectivity index (χ4n) is 3.45. The molecule has 0 aromatic heterocycles. The van der Waals surface area contributed by atoms with Gasteiger partial charge in [0.15, 0.2) is 0 Å². The standard InChI is InChI=1S/C16H30N2O2/c1-4-16(6-5-11-18-16)13(19)17-12-15(20)9-7-14(2,3)8-10-15/h18,20H,4-12H2,1-3H3,(H,17,19). The van der Waals surface area contributed by atoms with E-state index in [2.05, 4.69) is 31.4 Å². The van der Waals surface area contributed by atoms with Gasteiger partial charge in [-0.1, -0.05) is 20.8 Å². The average Bonchev–Trinajstić information content (AvgIpc) is 2.90. The molecule has 1 saturated heterocycles. The molecule has 1 amide bonds. The molecule has 0 spiro atoms. The van der Waals surface area contributed by atoms with Crippen molar-refractivity contribution in [1.29, 1.82) is 0 Å². The summed E-state index contributed by atoms with van der Waals surface area (Å²) in [5.41, 5.74) is -0.781. The van der Waals surface area contributed by atoms with Gasteiger partial charge >= 0.3 is 0 Å². The molecule has 3 N–H and O–H groups in total. The number of hydrogen-bond acceptors (Lipinski definition) is 3. The molecular weight excluding hydrogens is 252 g/mol. The Kier molecular flexibility index (Phi) is 4.45. The summed E-state index contributed by atoms with van der Waals surface area (Å²) in [6.45, 7) is 7.86. The van der Waals surface area contributed by atoms with Crippen molar-refractivity contribution >= 4 is 5.91 Å². The zero-order chi connectivity index (χ0) is 14.9. The Morgan fingerprint density at radius 2 is 1.85 bits per heavy atom. The summed E-state index contributed by atoms with van der Waals surface area (Å²) in [6.07, 6.45) is 6.39. The number of carbonyl (C=O) groups is 1. The highest BCUT2D eigenvalue weighted by atomic mass is 16.3. The van der Waals surface area contributed by atoms with Crippen LogP contribution in [0.1, 0.15) is 65.7 Å². The van der Waals surface area contributed by atoms with E-state index in [4.69, 9.17) is 0 Å². The monoisotopic (exact) mass is 282 g/mol. The van der Waals surface area contributed by atoms with E-state index in [-0.39, 0.29) is 5.91 Å². The molecule has 1 atom stereocenters. The molecule has 0 radical (unpaired) electrons. The Bertz CT molecular complexity index is 349. The molecule has 2 aliphatic rings. The molecule has 4 nitrogen and oxygen atoms in total. The third kappa shape index (κ3) is 3.34. The number of nitrogens with one attached hydrogen (secondary N) is 2. The van der Waals surface area contributed by atoms with Crippen molar-refractivity contribution in [1.82, 2.24) is 10.6 Å². The zero-order valence-electron chi connectivity index (χ0n) is 13.2. The quantitative estimate of drug-likeness (QED) is 0.739. The van der Waals surface area contributed by atoms with Crippen molar-refractivity contribution in [2.75, 3.05) is 13.1 Å². The third-order valence-corrected chi connectivity index (χ3v) is 5.39. The minimum absolute atomic E-state index is 0.0655. The van der Waals surface area contributed by atoms with Crippen molar-refractivity contribution in [2.45, 2.75) is 76.9 Å². The summed E-state index contributed by atoms with van der Waals surface area (Å²) in [4.78, 5) is 12.4. The van der Waals surface area contributed by atoms with Gasteiger partial charge in [-0.15, -0.1) is 0 Å². The van der Waals surface area contributed by atoms with Crippen LogP contribution in [0.25, 0.3) is 0 Å². The van der Waals surface area contributed by atoms with Crippen LogP contribution < -0.4 is 10.6 Å². The van der Waals surface area contributed by atoms with Gasteiger partial charge in [0, 0.05) is 6.54 Å². The van der Waals surface area contributed by atoms with Gasteiger partial charge in [-0.05, 0) is 56.9 Å². The fourth-order valence-corrected chi connectivity index (χ4v) is 3.45. The van der Waals surface area contributed by atoms with Crippen LogP contribution in [0.5, 0.6) is 0 Å². The van der Waals surface area contributed by atoms with Crippen LogP contribution in [0, 0.1) is 5.41 Å². The summed E-state index contributed by atoms with van der Waals surface area (Å²) in [7, 11) is 0. The van der Waals surface area contributed by atoms with E-state index in [1.165, 1.54) is 0 Å². The Balaban J connectivity index is 1.87. The molecule has 1 aliphatic heterocycles. The lowest BCUT2D eigenvalue weighted by Crippen LogP contribution is -2.56. The molecule has 20 heavy (non-hydrogen) atoms. The van der Waals surface area contributed by atoms with E-state index >= 15 is 0 Å². The van der Waals surface area contributed by atoms with Crippen LogP contribution >= 0.6 is 0 Å². The minimum atomic E-state index is -0.710. The Hall–Kier alpha value is -0.610. The first-order valence-electron chi connectivity index (χ1n) is 8.07. The lowest BCUT2D eigenvalue weighted by molar-refractivity contribution is -0.129. The molecule has 2 fully saturated rings. The largest absolute Gasteiger partial charge is 0.388 e. The van der Waals surface area contributed by atoms with Gasteiger partial charge < -0.3 is 15.7 Å². The minimum Gasteiger partial charge on any atom is -0.388 e. The number of amides is 1. The first kappa shape index (κ1) is 15.8. The van der Waals surface area contributed by atoms with Crippen LogP contribution in [-0.4, -0.2) is 35.2 Å². The Labute approximate surface area is 122 Å². The summed E-state index contributed by atoms with van der Waals surface area (Å²) < 4.78 is 0. The lowest BCUT2D eigenvalue weighted by atomic mass is 9.71. The molecule has 0 aromatic carbocycles. The van der Waals surface area contributed by atoms with E-state index < -0.39 is 11.1 Å². The van der Waals surface area contributed by atoms with Gasteiger partial charge in [0.1, 0.15) is 0 Å². The van der Waals surface area contributed by atoms with Crippen LogP contribution in [-0.2, 0) is 4.79 Å². The van der Waals surface area contributed by atoms with Gasteiger partial charge in [-0.3, -0.25) is 4.79 Å². The Morgan fingerprint density at radius 3 is 2.35 bits per heavy atom. The maximum absolute atomic E-state index is 12.4. The van der Waals surface area contributed by atoms with Crippen molar-refractivity contribution < 1.29 is 9.90 Å². The second kappa shape index (κ2) is 5.64. The first-order valence-corrected chi connectivity index (χ1v) is 8.07. The van der Waals surface area contributed by atoms with Crippen molar-refractivity contribution in [3.05, 3.63) is 0 Å². The topological polar surface area (TPSA) is 61.4 Å². The highest BCUT2D eigenvalue weighted by molar-refractivity contribution is 5.86. The van der Waals surface area contributed by atoms with E-state index in [0.717, 1.165) is 51.5 Å². The summed E-state index contributed by atoms with van der Waals surface area (Å²) >= 11 is 0. The second-order valence-corrected chi connectivity index (χ2v) is 7.54. The van der Waals surface area contributed by atoms with Gasteiger partial charge in [-0.25, -0.2) is 0 Å². The normalized spacial score (nSPS) is 32.0. The highest BCUT2D eigenvalue weighted by Gasteiger charge is 2.41. The molecule has 0 bridgehead atoms. The predicted octanol–water partition coefficient (Wildman–Crippen LogP) is 1.97. The van der Waals surface area contributed by atoms with Crippen molar-refractivity contribution in [2.24, 2.45) is 5.41 Å². The maximum Gasteiger partial charge on any atom is 0.240 e. The fraction of sp³-hybridized carbons (Fsp3) is 0.938. The summed E-state index contributed by atoms with van der Waals surface area (Å²) in [5.74, 6) is 0.0655. The predicted molar refractivity (Wildman–Crippen MR) is 80.5 cm³/mol. The number of carbonyl (C=O) groups excluding carboxylic acids is 1. The van der Waals surface area contributed by atoms with Crippen LogP contribution in [0.3, 0.4) is 0 Å². The molecule has 116 valence electrons. The molecule has 1 aliphatic carbocycles. The maximum atomic E-state index is 12.4. The highest BCUT2D eigenvalue weighted by Crippen LogP contribution is 2.39. The van der Waals surface area contributed by atoms with Crippen LogP contribution in [0.4, 0.5) is 0 Å². The second-order valence-electron chi connectivity index (χ2n) is 7.54. The average molecular weight is 282 g/mol. The summed E-state index contributed by atoms with van der Waals surface area (Å²) in [6, 6.07) is 0. The molecule has 0 aromatic rings.